The van der Waals surface area contributed by atoms with E-state index in [2.05, 4.69) is 0 Å². The highest BCUT2D eigenvalue weighted by Gasteiger charge is 2.02. The molecule has 0 amide bonds. The van der Waals surface area contributed by atoms with E-state index in [1.807, 2.05) is 19.0 Å². The number of halogens is 1. The molecule has 0 aliphatic rings. The smallest absolute Gasteiger partial charge is 0.328 e. The summed E-state index contributed by atoms with van der Waals surface area (Å²) in [5.74, 6) is -1.50. The first kappa shape index (κ1) is 12.4. The number of hydrogen-bond acceptors (Lipinski definition) is 2. The van der Waals surface area contributed by atoms with Gasteiger partial charge in [-0.25, -0.2) is 9.18 Å². The van der Waals surface area contributed by atoms with Gasteiger partial charge >= 0.3 is 5.97 Å². The average Bonchev–Trinajstić information content (AvgIpc) is 2.18. The van der Waals surface area contributed by atoms with Crippen LogP contribution < -0.4 is 0 Å². The van der Waals surface area contributed by atoms with Crippen molar-refractivity contribution in [2.75, 3.05) is 14.1 Å². The predicted octanol–water partition coefficient (Wildman–Crippen LogP) is 1.99. The van der Waals surface area contributed by atoms with Gasteiger partial charge in [-0.15, -0.1) is 0 Å². The molecular formula is C12H14FNO2. The third kappa shape index (κ3) is 3.82. The minimum Gasteiger partial charge on any atom is -0.478 e. The number of hydrogen-bond donors (Lipinski definition) is 1. The van der Waals surface area contributed by atoms with E-state index in [9.17, 15) is 9.18 Å². The maximum Gasteiger partial charge on any atom is 0.328 e. The third-order valence-corrected chi connectivity index (χ3v) is 1.96. The third-order valence-electron chi connectivity index (χ3n) is 1.96. The van der Waals surface area contributed by atoms with E-state index in [0.717, 1.165) is 11.6 Å². The molecule has 16 heavy (non-hydrogen) atoms. The molecule has 1 rings (SSSR count). The van der Waals surface area contributed by atoms with Gasteiger partial charge < -0.3 is 10.0 Å². The lowest BCUT2D eigenvalue weighted by Gasteiger charge is -2.10. The van der Waals surface area contributed by atoms with Gasteiger partial charge in [-0.3, -0.25) is 0 Å². The molecule has 0 fully saturated rings. The van der Waals surface area contributed by atoms with Gasteiger partial charge in [-0.2, -0.15) is 0 Å². The summed E-state index contributed by atoms with van der Waals surface area (Å²) in [6.45, 7) is 0.689. The maximum absolute atomic E-state index is 13.3. The van der Waals surface area contributed by atoms with Gasteiger partial charge in [0, 0.05) is 18.2 Å². The second kappa shape index (κ2) is 5.42. The van der Waals surface area contributed by atoms with E-state index in [1.54, 1.807) is 12.1 Å². The monoisotopic (exact) mass is 223 g/mol. The second-order valence-electron chi connectivity index (χ2n) is 3.77. The van der Waals surface area contributed by atoms with Crippen LogP contribution in [0.3, 0.4) is 0 Å². The first-order valence-electron chi connectivity index (χ1n) is 4.83. The lowest BCUT2D eigenvalue weighted by molar-refractivity contribution is -0.131. The van der Waals surface area contributed by atoms with Crippen molar-refractivity contribution in [1.29, 1.82) is 0 Å². The molecule has 0 saturated carbocycles. The summed E-state index contributed by atoms with van der Waals surface area (Å²) in [5.41, 5.74) is 1.23. The quantitative estimate of drug-likeness (QED) is 0.793. The van der Waals surface area contributed by atoms with E-state index >= 15 is 0 Å². The van der Waals surface area contributed by atoms with Crippen molar-refractivity contribution in [3.05, 3.63) is 41.2 Å². The number of nitrogens with zero attached hydrogens (tertiary/aromatic N) is 1. The van der Waals surface area contributed by atoms with E-state index in [1.165, 1.54) is 12.1 Å². The largest absolute Gasteiger partial charge is 0.478 e. The Bertz CT molecular complexity index is 413. The van der Waals surface area contributed by atoms with Crippen molar-refractivity contribution < 1.29 is 14.3 Å². The zero-order valence-corrected chi connectivity index (χ0v) is 9.27. The Kier molecular flexibility index (Phi) is 4.19. The van der Waals surface area contributed by atoms with Crippen LogP contribution in [-0.2, 0) is 11.3 Å². The molecule has 0 heterocycles. The Labute approximate surface area is 93.8 Å². The summed E-state index contributed by atoms with van der Waals surface area (Å²) in [5, 5.41) is 8.46. The van der Waals surface area contributed by atoms with Crippen molar-refractivity contribution in [3.63, 3.8) is 0 Å². The Morgan fingerprint density at radius 1 is 1.50 bits per heavy atom. The molecule has 1 N–H and O–H groups in total. The number of carboxylic acids is 1. The van der Waals surface area contributed by atoms with Gasteiger partial charge in [0.1, 0.15) is 5.82 Å². The van der Waals surface area contributed by atoms with E-state index in [4.69, 9.17) is 5.11 Å². The molecule has 1 aromatic carbocycles. The molecule has 0 spiro atoms. The number of aliphatic carboxylic acids is 1. The Balaban J connectivity index is 2.94. The van der Waals surface area contributed by atoms with Gasteiger partial charge in [0.2, 0.25) is 0 Å². The fourth-order valence-corrected chi connectivity index (χ4v) is 1.35. The van der Waals surface area contributed by atoms with Gasteiger partial charge in [0.05, 0.1) is 0 Å². The van der Waals surface area contributed by atoms with Gasteiger partial charge in [0.15, 0.2) is 0 Å². The van der Waals surface area contributed by atoms with Gasteiger partial charge in [-0.1, -0.05) is 6.07 Å². The van der Waals surface area contributed by atoms with Crippen LogP contribution in [0.15, 0.2) is 24.3 Å². The normalized spacial score (nSPS) is 11.2. The molecule has 0 atom stereocenters. The summed E-state index contributed by atoms with van der Waals surface area (Å²) in [6.07, 6.45) is 2.19. The SMILES string of the molecule is CN(C)Cc1ccc(F)c(/C=C/C(=O)O)c1. The summed E-state index contributed by atoms with van der Waals surface area (Å²) in [4.78, 5) is 12.3. The van der Waals surface area contributed by atoms with E-state index in [0.29, 0.717) is 12.1 Å². The van der Waals surface area contributed by atoms with Crippen LogP contribution in [0.2, 0.25) is 0 Å². The molecule has 0 aliphatic heterocycles. The maximum atomic E-state index is 13.3. The topological polar surface area (TPSA) is 40.5 Å². The summed E-state index contributed by atoms with van der Waals surface area (Å²) in [6, 6.07) is 4.68. The molecule has 0 unspecified atom stereocenters. The average molecular weight is 223 g/mol. The molecule has 0 aromatic heterocycles. The summed E-state index contributed by atoms with van der Waals surface area (Å²) < 4.78 is 13.3. The minimum atomic E-state index is -1.09. The van der Waals surface area contributed by atoms with Crippen molar-refractivity contribution in [2.45, 2.75) is 6.54 Å². The van der Waals surface area contributed by atoms with Crippen molar-refractivity contribution in [2.24, 2.45) is 0 Å². The molecule has 1 aromatic rings. The number of benzene rings is 1. The van der Waals surface area contributed by atoms with Crippen molar-refractivity contribution in [3.8, 4) is 0 Å². The summed E-state index contributed by atoms with van der Waals surface area (Å²) in [7, 11) is 3.83. The zero-order chi connectivity index (χ0) is 12.1. The first-order valence-corrected chi connectivity index (χ1v) is 4.83. The first-order chi connectivity index (χ1) is 7.49. The Morgan fingerprint density at radius 3 is 2.75 bits per heavy atom. The van der Waals surface area contributed by atoms with Gasteiger partial charge in [-0.05, 0) is 37.9 Å². The Morgan fingerprint density at radius 2 is 2.19 bits per heavy atom. The number of rotatable bonds is 4. The highest BCUT2D eigenvalue weighted by Crippen LogP contribution is 2.13. The highest BCUT2D eigenvalue weighted by molar-refractivity contribution is 5.85. The van der Waals surface area contributed by atoms with E-state index in [-0.39, 0.29) is 0 Å². The highest BCUT2D eigenvalue weighted by atomic mass is 19.1. The van der Waals surface area contributed by atoms with Crippen LogP contribution >= 0.6 is 0 Å². The fourth-order valence-electron chi connectivity index (χ4n) is 1.35. The molecule has 0 bridgehead atoms. The lowest BCUT2D eigenvalue weighted by atomic mass is 10.1. The number of carboxylic acid groups (broad SMARTS) is 1. The lowest BCUT2D eigenvalue weighted by Crippen LogP contribution is -2.10. The molecule has 0 aliphatic carbocycles. The summed E-state index contributed by atoms with van der Waals surface area (Å²) >= 11 is 0. The zero-order valence-electron chi connectivity index (χ0n) is 9.27. The van der Waals surface area contributed by atoms with Crippen LogP contribution in [0, 0.1) is 5.82 Å². The molecule has 86 valence electrons. The van der Waals surface area contributed by atoms with Crippen molar-refractivity contribution >= 4 is 12.0 Å². The van der Waals surface area contributed by atoms with Crippen LogP contribution in [-0.4, -0.2) is 30.1 Å². The van der Waals surface area contributed by atoms with Crippen LogP contribution in [0.5, 0.6) is 0 Å². The standard InChI is InChI=1S/C12H14FNO2/c1-14(2)8-9-3-5-11(13)10(7-9)4-6-12(15)16/h3-7H,8H2,1-2H3,(H,15,16)/b6-4+. The minimum absolute atomic E-state index is 0.293. The van der Waals surface area contributed by atoms with E-state index < -0.39 is 11.8 Å². The molecular weight excluding hydrogens is 209 g/mol. The van der Waals surface area contributed by atoms with Gasteiger partial charge in [0.25, 0.3) is 0 Å². The fraction of sp³-hybridized carbons (Fsp3) is 0.250. The Hall–Kier alpha value is -1.68. The van der Waals surface area contributed by atoms with Crippen LogP contribution in [0.1, 0.15) is 11.1 Å². The second-order valence-corrected chi connectivity index (χ2v) is 3.77. The molecule has 0 radical (unpaired) electrons. The predicted molar refractivity (Wildman–Crippen MR) is 60.5 cm³/mol. The molecule has 4 heteroatoms. The van der Waals surface area contributed by atoms with Crippen LogP contribution in [0.25, 0.3) is 6.08 Å². The molecule has 0 saturated heterocycles. The number of carbonyl (C=O) groups is 1. The van der Waals surface area contributed by atoms with Crippen molar-refractivity contribution in [1.82, 2.24) is 4.90 Å². The van der Waals surface area contributed by atoms with Crippen LogP contribution in [0.4, 0.5) is 4.39 Å². The molecule has 3 nitrogen and oxygen atoms in total.